The summed E-state index contributed by atoms with van der Waals surface area (Å²) in [6.07, 6.45) is 0. The summed E-state index contributed by atoms with van der Waals surface area (Å²) in [7, 11) is 0. The molecule has 6 nitrogen and oxygen atoms in total. The third-order valence-corrected chi connectivity index (χ3v) is 5.79. The monoisotopic (exact) mass is 406 g/mol. The summed E-state index contributed by atoms with van der Waals surface area (Å²) in [5.41, 5.74) is 1.68. The first-order valence-corrected chi connectivity index (χ1v) is 10.3. The molecule has 2 heterocycles. The number of phenols is 1. The van der Waals surface area contributed by atoms with Crippen molar-refractivity contribution in [2.24, 2.45) is 0 Å². The molecule has 3 aromatic rings. The Morgan fingerprint density at radius 3 is 2.37 bits per heavy atom. The molecular formula is C24H26N2O4. The maximum Gasteiger partial charge on any atom is 0.197 e. The van der Waals surface area contributed by atoms with Gasteiger partial charge >= 0.3 is 0 Å². The number of hydrogen-bond donors (Lipinski definition) is 1. The zero-order valence-electron chi connectivity index (χ0n) is 17.4. The minimum atomic E-state index is -0.354. The molecule has 4 rings (SSSR count). The number of aromatic hydroxyl groups is 1. The van der Waals surface area contributed by atoms with Crippen LogP contribution in [0.1, 0.15) is 29.8 Å². The molecule has 0 amide bonds. The highest BCUT2D eigenvalue weighted by molar-refractivity contribution is 6.03. The van der Waals surface area contributed by atoms with E-state index in [9.17, 15) is 14.7 Å². The molecule has 1 aromatic heterocycles. The molecule has 1 fully saturated rings. The number of ketones is 1. The fourth-order valence-electron chi connectivity index (χ4n) is 4.02. The van der Waals surface area contributed by atoms with Crippen LogP contribution >= 0.6 is 0 Å². The van der Waals surface area contributed by atoms with Crippen LogP contribution in [0.15, 0.2) is 51.7 Å². The van der Waals surface area contributed by atoms with E-state index in [0.29, 0.717) is 17.9 Å². The highest BCUT2D eigenvalue weighted by atomic mass is 16.3. The number of piperazine rings is 1. The molecule has 2 aromatic carbocycles. The predicted molar refractivity (Wildman–Crippen MR) is 117 cm³/mol. The van der Waals surface area contributed by atoms with Gasteiger partial charge in [0.05, 0.1) is 5.56 Å². The molecule has 156 valence electrons. The second-order valence-corrected chi connectivity index (χ2v) is 7.74. The van der Waals surface area contributed by atoms with Gasteiger partial charge in [0.25, 0.3) is 0 Å². The number of hydrogen-bond acceptors (Lipinski definition) is 6. The first-order valence-electron chi connectivity index (χ1n) is 10.3. The summed E-state index contributed by atoms with van der Waals surface area (Å²) in [4.78, 5) is 29.7. The number of phenolic OH excluding ortho intramolecular Hbond substituents is 1. The van der Waals surface area contributed by atoms with Gasteiger partial charge < -0.3 is 14.4 Å². The molecule has 0 aliphatic carbocycles. The van der Waals surface area contributed by atoms with Gasteiger partial charge in [0.2, 0.25) is 0 Å². The van der Waals surface area contributed by atoms with Crippen LogP contribution in [0.5, 0.6) is 5.75 Å². The van der Waals surface area contributed by atoms with Gasteiger partial charge in [0, 0.05) is 49.9 Å². The average Bonchev–Trinajstić information content (AvgIpc) is 2.76. The Kier molecular flexibility index (Phi) is 5.70. The molecule has 1 aliphatic rings. The van der Waals surface area contributed by atoms with E-state index in [2.05, 4.69) is 16.7 Å². The van der Waals surface area contributed by atoms with Crippen LogP contribution in [-0.2, 0) is 6.54 Å². The number of Topliss-reactive ketones (excluding diaryl/α,β-unsaturated/α-hetero) is 1. The van der Waals surface area contributed by atoms with E-state index in [0.717, 1.165) is 43.9 Å². The van der Waals surface area contributed by atoms with Crippen LogP contribution in [0.2, 0.25) is 0 Å². The molecule has 0 unspecified atom stereocenters. The summed E-state index contributed by atoms with van der Waals surface area (Å²) in [6, 6.07) is 12.5. The van der Waals surface area contributed by atoms with E-state index in [1.807, 2.05) is 30.3 Å². The fraction of sp³-hybridized carbons (Fsp3) is 0.333. The number of nitrogens with zero attached hydrogens (tertiary/aromatic N) is 2. The zero-order chi connectivity index (χ0) is 21.3. The molecule has 1 aliphatic heterocycles. The lowest BCUT2D eigenvalue weighted by Crippen LogP contribution is -2.45. The fourth-order valence-corrected chi connectivity index (χ4v) is 4.02. The molecule has 1 saturated heterocycles. The van der Waals surface area contributed by atoms with E-state index in [-0.39, 0.29) is 27.9 Å². The molecule has 0 radical (unpaired) electrons. The van der Waals surface area contributed by atoms with Gasteiger partial charge in [0.1, 0.15) is 22.5 Å². The van der Waals surface area contributed by atoms with Crippen molar-refractivity contribution in [1.29, 1.82) is 0 Å². The van der Waals surface area contributed by atoms with Crippen molar-refractivity contribution >= 4 is 16.8 Å². The van der Waals surface area contributed by atoms with Crippen molar-refractivity contribution in [3.8, 4) is 17.1 Å². The van der Waals surface area contributed by atoms with Gasteiger partial charge in [-0.3, -0.25) is 14.5 Å². The molecule has 1 N–H and O–H groups in total. The molecular weight excluding hydrogens is 380 g/mol. The quantitative estimate of drug-likeness (QED) is 0.654. The lowest BCUT2D eigenvalue weighted by molar-refractivity contribution is 0.101. The van der Waals surface area contributed by atoms with Gasteiger partial charge in [-0.1, -0.05) is 37.3 Å². The van der Waals surface area contributed by atoms with Crippen molar-refractivity contribution in [3.63, 3.8) is 0 Å². The predicted octanol–water partition coefficient (Wildman–Crippen LogP) is 3.51. The number of fused-ring (bicyclic) bond motifs is 1. The lowest BCUT2D eigenvalue weighted by atomic mass is 10.0. The molecule has 0 spiro atoms. The van der Waals surface area contributed by atoms with Crippen LogP contribution in [-0.4, -0.2) is 53.4 Å². The van der Waals surface area contributed by atoms with Gasteiger partial charge in [0.15, 0.2) is 11.2 Å². The van der Waals surface area contributed by atoms with Crippen molar-refractivity contribution in [3.05, 3.63) is 63.8 Å². The normalized spacial score (nSPS) is 15.5. The average molecular weight is 406 g/mol. The van der Waals surface area contributed by atoms with E-state index < -0.39 is 0 Å². The summed E-state index contributed by atoms with van der Waals surface area (Å²) >= 11 is 0. The van der Waals surface area contributed by atoms with Crippen molar-refractivity contribution < 1.29 is 14.3 Å². The number of rotatable bonds is 5. The van der Waals surface area contributed by atoms with E-state index in [4.69, 9.17) is 4.42 Å². The summed E-state index contributed by atoms with van der Waals surface area (Å²) in [6.45, 7) is 8.88. The summed E-state index contributed by atoms with van der Waals surface area (Å²) in [5, 5.41) is 10.7. The largest absolute Gasteiger partial charge is 0.506 e. The van der Waals surface area contributed by atoms with Gasteiger partial charge in [-0.15, -0.1) is 0 Å². The maximum atomic E-state index is 12.9. The van der Waals surface area contributed by atoms with Crippen molar-refractivity contribution in [2.75, 3.05) is 32.7 Å². The zero-order valence-corrected chi connectivity index (χ0v) is 17.4. The second kappa shape index (κ2) is 8.42. The van der Waals surface area contributed by atoms with E-state index in [1.165, 1.54) is 13.0 Å². The standard InChI is InChI=1S/C24H26N2O4/c1-3-25-9-11-26(12-10-25)15-18-13-19(16(2)27)23(29)22-20(28)14-21(30-24(18)22)17-7-5-4-6-8-17/h4-8,13-14,29H,3,9-12,15H2,1-2H3. The van der Waals surface area contributed by atoms with Crippen molar-refractivity contribution in [2.45, 2.75) is 20.4 Å². The third kappa shape index (κ3) is 3.88. The van der Waals surface area contributed by atoms with Gasteiger partial charge in [-0.25, -0.2) is 0 Å². The number of likely N-dealkylation sites (N-methyl/N-ethyl adjacent to an activating group) is 1. The Bertz CT molecular complexity index is 1130. The van der Waals surface area contributed by atoms with Crippen LogP contribution < -0.4 is 5.43 Å². The minimum Gasteiger partial charge on any atom is -0.506 e. The highest BCUT2D eigenvalue weighted by Crippen LogP contribution is 2.33. The molecule has 0 bridgehead atoms. The van der Waals surface area contributed by atoms with Crippen LogP contribution in [0.25, 0.3) is 22.3 Å². The molecule has 6 heteroatoms. The van der Waals surface area contributed by atoms with Crippen molar-refractivity contribution in [1.82, 2.24) is 9.80 Å². The Morgan fingerprint density at radius 1 is 1.07 bits per heavy atom. The highest BCUT2D eigenvalue weighted by Gasteiger charge is 2.23. The van der Waals surface area contributed by atoms with Crippen LogP contribution in [0, 0.1) is 0 Å². The van der Waals surface area contributed by atoms with Crippen LogP contribution in [0.4, 0.5) is 0 Å². The van der Waals surface area contributed by atoms with Crippen LogP contribution in [0.3, 0.4) is 0 Å². The molecule has 0 saturated carbocycles. The number of carbonyl (C=O) groups is 1. The molecule has 30 heavy (non-hydrogen) atoms. The minimum absolute atomic E-state index is 0.0737. The first-order chi connectivity index (χ1) is 14.5. The first kappa shape index (κ1) is 20.3. The van der Waals surface area contributed by atoms with Gasteiger partial charge in [-0.2, -0.15) is 0 Å². The Labute approximate surface area is 175 Å². The lowest BCUT2D eigenvalue weighted by Gasteiger charge is -2.34. The number of benzene rings is 2. The Balaban J connectivity index is 1.84. The smallest absolute Gasteiger partial charge is 0.197 e. The summed E-state index contributed by atoms with van der Waals surface area (Å²) < 4.78 is 6.15. The van der Waals surface area contributed by atoms with E-state index in [1.54, 1.807) is 6.07 Å². The molecule has 0 atom stereocenters. The number of carbonyl (C=O) groups excluding carboxylic acids is 1. The SMILES string of the molecule is CCN1CCN(Cc2cc(C(C)=O)c(O)c3c(=O)cc(-c4ccccc4)oc23)CC1. The Morgan fingerprint density at radius 2 is 1.73 bits per heavy atom. The van der Waals surface area contributed by atoms with E-state index >= 15 is 0 Å². The summed E-state index contributed by atoms with van der Waals surface area (Å²) in [5.74, 6) is -0.136. The second-order valence-electron chi connectivity index (χ2n) is 7.74. The van der Waals surface area contributed by atoms with Gasteiger partial charge in [-0.05, 0) is 19.5 Å². The topological polar surface area (TPSA) is 74.0 Å². The Hall–Kier alpha value is -2.96. The third-order valence-electron chi connectivity index (χ3n) is 5.79. The maximum absolute atomic E-state index is 12.9.